The molecule has 3 fully saturated rings. The van der Waals surface area contributed by atoms with Crippen molar-refractivity contribution in [1.29, 1.82) is 0 Å². The standard InChI is InChI=1S/C18H30N2O5/c1-6-24-16(22)17(12(4)5)15(21)20-13(11(2)3)10-19-9-7-8-14(19)18(20,23)25-17/h11-14,23H,6-10H2,1-5H3. The zero-order valence-electron chi connectivity index (χ0n) is 15.8. The van der Waals surface area contributed by atoms with Gasteiger partial charge in [0, 0.05) is 12.5 Å². The summed E-state index contributed by atoms with van der Waals surface area (Å²) < 4.78 is 11.2. The molecule has 3 saturated heterocycles. The van der Waals surface area contributed by atoms with Gasteiger partial charge < -0.3 is 14.6 Å². The summed E-state index contributed by atoms with van der Waals surface area (Å²) in [6.45, 7) is 11.0. The molecule has 0 aliphatic carbocycles. The quantitative estimate of drug-likeness (QED) is 0.598. The van der Waals surface area contributed by atoms with E-state index >= 15 is 0 Å². The molecule has 0 aromatic heterocycles. The lowest BCUT2D eigenvalue weighted by Gasteiger charge is -2.50. The Morgan fingerprint density at radius 3 is 2.64 bits per heavy atom. The summed E-state index contributed by atoms with van der Waals surface area (Å²) in [5, 5.41) is 11.5. The van der Waals surface area contributed by atoms with Crippen molar-refractivity contribution in [2.24, 2.45) is 11.8 Å². The van der Waals surface area contributed by atoms with E-state index in [1.165, 1.54) is 4.90 Å². The van der Waals surface area contributed by atoms with Crippen molar-refractivity contribution >= 4 is 11.9 Å². The summed E-state index contributed by atoms with van der Waals surface area (Å²) in [5.74, 6) is -3.27. The molecule has 7 heteroatoms. The van der Waals surface area contributed by atoms with Gasteiger partial charge in [-0.1, -0.05) is 27.7 Å². The number of hydrogen-bond donors (Lipinski definition) is 1. The predicted octanol–water partition coefficient (Wildman–Crippen LogP) is 0.952. The Bertz CT molecular complexity index is 566. The molecule has 0 radical (unpaired) electrons. The first-order chi connectivity index (χ1) is 11.7. The van der Waals surface area contributed by atoms with Gasteiger partial charge in [0.15, 0.2) is 0 Å². The third-order valence-corrected chi connectivity index (χ3v) is 5.91. The van der Waals surface area contributed by atoms with E-state index in [9.17, 15) is 14.7 Å². The Kier molecular flexibility index (Phi) is 4.62. The normalized spacial score (nSPS) is 38.4. The summed E-state index contributed by atoms with van der Waals surface area (Å²) in [6, 6.07) is -0.511. The molecule has 3 aliphatic rings. The molecular formula is C18H30N2O5. The zero-order chi connectivity index (χ0) is 18.6. The molecule has 0 bridgehead atoms. The van der Waals surface area contributed by atoms with E-state index in [4.69, 9.17) is 9.47 Å². The van der Waals surface area contributed by atoms with Gasteiger partial charge in [-0.25, -0.2) is 4.79 Å². The number of ether oxygens (including phenoxy) is 2. The molecule has 142 valence electrons. The Morgan fingerprint density at radius 2 is 2.08 bits per heavy atom. The molecule has 4 unspecified atom stereocenters. The minimum atomic E-state index is -1.78. The molecule has 0 aromatic carbocycles. The fraction of sp³-hybridized carbons (Fsp3) is 0.889. The van der Waals surface area contributed by atoms with Crippen molar-refractivity contribution in [3.8, 4) is 0 Å². The lowest BCUT2D eigenvalue weighted by atomic mass is 9.88. The highest BCUT2D eigenvalue weighted by Gasteiger charge is 2.72. The molecule has 0 aromatic rings. The van der Waals surface area contributed by atoms with Crippen LogP contribution in [0.3, 0.4) is 0 Å². The highest BCUT2D eigenvalue weighted by atomic mass is 16.7. The topological polar surface area (TPSA) is 79.3 Å². The Morgan fingerprint density at radius 1 is 1.40 bits per heavy atom. The summed E-state index contributed by atoms with van der Waals surface area (Å²) in [7, 11) is 0. The van der Waals surface area contributed by atoms with Crippen LogP contribution in [0.5, 0.6) is 0 Å². The first kappa shape index (κ1) is 18.6. The zero-order valence-corrected chi connectivity index (χ0v) is 15.8. The maximum absolute atomic E-state index is 13.4. The van der Waals surface area contributed by atoms with Crippen LogP contribution in [-0.2, 0) is 19.1 Å². The minimum absolute atomic E-state index is 0.130. The van der Waals surface area contributed by atoms with Gasteiger partial charge >= 0.3 is 5.97 Å². The number of carbonyl (C=O) groups excluding carboxylic acids is 2. The van der Waals surface area contributed by atoms with Crippen LogP contribution < -0.4 is 0 Å². The van der Waals surface area contributed by atoms with Gasteiger partial charge in [-0.3, -0.25) is 14.6 Å². The SMILES string of the molecule is CCOC(=O)C1(C(C)C)OC2(O)C3CCCN3CC(C(C)C)N2C1=O. The first-order valence-electron chi connectivity index (χ1n) is 9.37. The van der Waals surface area contributed by atoms with E-state index in [1.807, 2.05) is 13.8 Å². The van der Waals surface area contributed by atoms with E-state index in [0.717, 1.165) is 19.4 Å². The van der Waals surface area contributed by atoms with E-state index < -0.39 is 29.3 Å². The van der Waals surface area contributed by atoms with Crippen molar-refractivity contribution in [3.05, 3.63) is 0 Å². The summed E-state index contributed by atoms with van der Waals surface area (Å²) in [4.78, 5) is 29.8. The molecule has 0 spiro atoms. The van der Waals surface area contributed by atoms with Crippen LogP contribution in [0.25, 0.3) is 0 Å². The molecule has 25 heavy (non-hydrogen) atoms. The van der Waals surface area contributed by atoms with Gasteiger partial charge in [-0.2, -0.15) is 0 Å². The van der Waals surface area contributed by atoms with E-state index in [0.29, 0.717) is 6.54 Å². The molecule has 3 aliphatic heterocycles. The van der Waals surface area contributed by atoms with Gasteiger partial charge in [-0.05, 0) is 32.2 Å². The van der Waals surface area contributed by atoms with Crippen molar-refractivity contribution in [2.45, 2.75) is 71.1 Å². The van der Waals surface area contributed by atoms with E-state index in [2.05, 4.69) is 4.90 Å². The fourth-order valence-corrected chi connectivity index (χ4v) is 4.54. The predicted molar refractivity (Wildman–Crippen MR) is 90.3 cm³/mol. The molecule has 7 nitrogen and oxygen atoms in total. The Balaban J connectivity index is 2.10. The largest absolute Gasteiger partial charge is 0.463 e. The van der Waals surface area contributed by atoms with Crippen molar-refractivity contribution in [1.82, 2.24) is 9.80 Å². The van der Waals surface area contributed by atoms with Crippen LogP contribution in [0.15, 0.2) is 0 Å². The van der Waals surface area contributed by atoms with Crippen molar-refractivity contribution in [2.75, 3.05) is 19.7 Å². The summed E-state index contributed by atoms with van der Waals surface area (Å²) >= 11 is 0. The molecule has 3 rings (SSSR count). The molecule has 4 atom stereocenters. The third-order valence-electron chi connectivity index (χ3n) is 5.91. The van der Waals surface area contributed by atoms with Gasteiger partial charge in [0.25, 0.3) is 11.8 Å². The third kappa shape index (κ3) is 2.43. The van der Waals surface area contributed by atoms with E-state index in [1.54, 1.807) is 20.8 Å². The highest BCUT2D eigenvalue weighted by molar-refractivity contribution is 6.08. The molecule has 3 heterocycles. The second-order valence-corrected chi connectivity index (χ2v) is 8.01. The highest BCUT2D eigenvalue weighted by Crippen LogP contribution is 2.49. The monoisotopic (exact) mass is 354 g/mol. The maximum Gasteiger partial charge on any atom is 0.348 e. The van der Waals surface area contributed by atoms with Crippen LogP contribution in [0.4, 0.5) is 0 Å². The molecule has 1 amide bonds. The van der Waals surface area contributed by atoms with Crippen molar-refractivity contribution in [3.63, 3.8) is 0 Å². The lowest BCUT2D eigenvalue weighted by Crippen LogP contribution is -2.70. The van der Waals surface area contributed by atoms with E-state index in [-0.39, 0.29) is 24.6 Å². The van der Waals surface area contributed by atoms with Gasteiger partial charge in [0.1, 0.15) is 0 Å². The number of hydrogen-bond acceptors (Lipinski definition) is 6. The second-order valence-electron chi connectivity index (χ2n) is 8.01. The molecular weight excluding hydrogens is 324 g/mol. The van der Waals surface area contributed by atoms with Crippen molar-refractivity contribution < 1.29 is 24.2 Å². The lowest BCUT2D eigenvalue weighted by molar-refractivity contribution is -0.326. The van der Waals surface area contributed by atoms with Gasteiger partial charge in [0.05, 0.1) is 18.7 Å². The van der Waals surface area contributed by atoms with Crippen LogP contribution in [-0.4, -0.2) is 70.1 Å². The van der Waals surface area contributed by atoms with Crippen LogP contribution in [0, 0.1) is 11.8 Å². The van der Waals surface area contributed by atoms with Crippen LogP contribution >= 0.6 is 0 Å². The number of piperazine rings is 1. The fourth-order valence-electron chi connectivity index (χ4n) is 4.54. The number of nitrogens with zero attached hydrogens (tertiary/aromatic N) is 2. The average molecular weight is 354 g/mol. The number of fused-ring (bicyclic) bond motifs is 3. The summed E-state index contributed by atoms with van der Waals surface area (Å²) in [5.41, 5.74) is -1.78. The first-order valence-corrected chi connectivity index (χ1v) is 9.37. The van der Waals surface area contributed by atoms with Gasteiger partial charge in [0.2, 0.25) is 5.60 Å². The smallest absolute Gasteiger partial charge is 0.348 e. The maximum atomic E-state index is 13.4. The number of carbonyl (C=O) groups is 2. The Hall–Kier alpha value is -1.18. The Labute approximate surface area is 149 Å². The van der Waals surface area contributed by atoms with Crippen LogP contribution in [0.2, 0.25) is 0 Å². The average Bonchev–Trinajstić information content (AvgIpc) is 3.09. The molecule has 0 saturated carbocycles. The molecule has 1 N–H and O–H groups in total. The second kappa shape index (κ2) is 6.21. The minimum Gasteiger partial charge on any atom is -0.463 e. The van der Waals surface area contributed by atoms with Gasteiger partial charge in [-0.15, -0.1) is 0 Å². The summed E-state index contributed by atoms with van der Waals surface area (Å²) in [6.07, 6.45) is 1.68. The number of esters is 1. The number of aliphatic hydroxyl groups is 1. The number of amides is 1. The van der Waals surface area contributed by atoms with Crippen LogP contribution in [0.1, 0.15) is 47.5 Å². The number of rotatable bonds is 4.